The Kier molecular flexibility index (Phi) is 11.5. The van der Waals surface area contributed by atoms with Crippen molar-refractivity contribution < 1.29 is 104 Å². The molecule has 2 aliphatic carbocycles. The number of aliphatic carboxylic acids is 2. The predicted molar refractivity (Wildman–Crippen MR) is 196 cm³/mol. The number of aliphatic hydroxyl groups excluding tert-OH is 6. The van der Waals surface area contributed by atoms with Gasteiger partial charge in [0.05, 0.1) is 29.4 Å². The summed E-state index contributed by atoms with van der Waals surface area (Å²) < 4.78 is 28.0. The number of ether oxygens (including phenoxy) is 5. The fourth-order valence-electron chi connectivity index (χ4n) is 7.90. The van der Waals surface area contributed by atoms with Crippen molar-refractivity contribution in [3.05, 3.63) is 68.8 Å². The van der Waals surface area contributed by atoms with E-state index in [-0.39, 0.29) is 16.9 Å². The van der Waals surface area contributed by atoms with Crippen LogP contribution >= 0.6 is 0 Å². The summed E-state index contributed by atoms with van der Waals surface area (Å²) in [5, 5.41) is 120. The van der Waals surface area contributed by atoms with Crippen molar-refractivity contribution in [3.63, 3.8) is 0 Å². The maximum atomic E-state index is 14.1. The Morgan fingerprint density at radius 1 is 0.754 bits per heavy atom. The molecule has 2 unspecified atom stereocenters. The number of aromatic hydroxyl groups is 3. The van der Waals surface area contributed by atoms with Crippen molar-refractivity contribution in [1.82, 2.24) is 5.32 Å². The SMILES string of the molecule is Cc1cc2c(c(O)c1C(=O)NCC(=O)O)-c1c(cc3c(c1O)C(=O)c1cc(OCC(=O)O)cc(O)c1C3=O)C(O)C2O[C@@H]1O[C@H](C)[C@H](O)[C@H](O[C@@H]2OC[C@@H](O)[C@H](O)[C@H]2O)[C@H]1O. The predicted octanol–water partition coefficient (Wildman–Crippen LogP) is -1.77. The third-order valence-electron chi connectivity index (χ3n) is 10.9. The Morgan fingerprint density at radius 3 is 2.08 bits per heavy atom. The Morgan fingerprint density at radius 2 is 1.41 bits per heavy atom. The van der Waals surface area contributed by atoms with E-state index in [9.17, 15) is 75.0 Å². The van der Waals surface area contributed by atoms with Gasteiger partial charge in [-0.25, -0.2) is 4.79 Å². The minimum absolute atomic E-state index is 0.0373. The molecule has 3 aromatic carbocycles. The molecule has 7 rings (SSSR count). The zero-order chi connectivity index (χ0) is 44.5. The van der Waals surface area contributed by atoms with Gasteiger partial charge in [0.2, 0.25) is 0 Å². The summed E-state index contributed by atoms with van der Waals surface area (Å²) >= 11 is 0. The molecule has 2 fully saturated rings. The van der Waals surface area contributed by atoms with Crippen molar-refractivity contribution in [2.45, 2.75) is 81.4 Å². The van der Waals surface area contributed by atoms with Gasteiger partial charge in [-0.1, -0.05) is 6.07 Å². The molecular weight excluding hydrogens is 818 g/mol. The molecule has 4 aliphatic rings. The van der Waals surface area contributed by atoms with E-state index in [1.165, 1.54) is 19.9 Å². The number of amides is 1. The third kappa shape index (κ3) is 7.41. The van der Waals surface area contributed by atoms with E-state index in [0.29, 0.717) is 0 Å². The van der Waals surface area contributed by atoms with Crippen molar-refractivity contribution in [2.24, 2.45) is 0 Å². The number of benzene rings is 3. The molecule has 0 aromatic heterocycles. The summed E-state index contributed by atoms with van der Waals surface area (Å²) in [7, 11) is 0. The van der Waals surface area contributed by atoms with Crippen molar-refractivity contribution in [2.75, 3.05) is 19.8 Å². The lowest BCUT2D eigenvalue weighted by Crippen LogP contribution is -2.62. The van der Waals surface area contributed by atoms with Crippen molar-refractivity contribution in [1.29, 1.82) is 0 Å². The summed E-state index contributed by atoms with van der Waals surface area (Å²) in [6.07, 6.45) is -18.9. The van der Waals surface area contributed by atoms with E-state index >= 15 is 0 Å². The monoisotopic (exact) mass is 857 g/mol. The highest BCUT2D eigenvalue weighted by Crippen LogP contribution is 2.57. The Bertz CT molecular complexity index is 2350. The molecule has 22 heteroatoms. The van der Waals surface area contributed by atoms with Crippen LogP contribution in [0.1, 0.15) is 78.0 Å². The molecule has 22 nitrogen and oxygen atoms in total. The standard InChI is InChI=1S/C39H39NO21/c1-10-3-16-24(31(52)21(10)37(56)40-7-19(43)44)23-14(6-15-25(32(23)53)28(49)13-4-12(57-9-20(45)46)5-17(41)22(13)27(15)48)29(50)35(16)60-39-34(55)36(26(47)11(2)59-39)61-38-33(54)30(51)18(42)8-58-38/h3-6,11,18,26,29-30,33-36,38-39,41-42,47,50-55H,7-9H2,1-2H3,(H,40,56)(H,43,44)(H,45,46)/t11-,18-,26+,29?,30+,33-,34-,35?,36+,38+,39+/m1/s1. The number of hydrogen-bond acceptors (Lipinski definition) is 19. The number of carboxylic acids is 2. The largest absolute Gasteiger partial charge is 0.507 e. The molecule has 1 amide bonds. The van der Waals surface area contributed by atoms with Gasteiger partial charge >= 0.3 is 11.9 Å². The fourth-order valence-corrected chi connectivity index (χ4v) is 7.90. The average Bonchev–Trinajstić information content (AvgIpc) is 3.19. The summed E-state index contributed by atoms with van der Waals surface area (Å²) in [5.41, 5.74) is -4.49. The minimum atomic E-state index is -1.99. The summed E-state index contributed by atoms with van der Waals surface area (Å²) in [5.74, 6) is -9.16. The maximum Gasteiger partial charge on any atom is 0.341 e. The molecule has 3 aromatic rings. The zero-order valence-electron chi connectivity index (χ0n) is 31.8. The lowest BCUT2D eigenvalue weighted by molar-refractivity contribution is -0.353. The van der Waals surface area contributed by atoms with Crippen LogP contribution in [0.25, 0.3) is 11.1 Å². The molecule has 11 atom stereocenters. The minimum Gasteiger partial charge on any atom is -0.507 e. The van der Waals surface area contributed by atoms with Crippen LogP contribution in [0, 0.1) is 6.92 Å². The van der Waals surface area contributed by atoms with E-state index in [2.05, 4.69) is 5.32 Å². The van der Waals surface area contributed by atoms with Crippen LogP contribution < -0.4 is 10.1 Å². The Hall–Kier alpha value is -5.79. The maximum absolute atomic E-state index is 14.1. The number of aryl methyl sites for hydroxylation is 1. The van der Waals surface area contributed by atoms with Gasteiger partial charge in [0.25, 0.3) is 5.91 Å². The topological polar surface area (TPSA) is 366 Å². The molecule has 0 bridgehead atoms. The molecule has 2 saturated heterocycles. The lowest BCUT2D eigenvalue weighted by Gasteiger charge is -2.45. The lowest BCUT2D eigenvalue weighted by atomic mass is 9.74. The van der Waals surface area contributed by atoms with Crippen LogP contribution in [-0.2, 0) is 28.5 Å². The number of nitrogens with one attached hydrogen (secondary N) is 1. The number of phenols is 3. The second-order valence-electron chi connectivity index (χ2n) is 14.8. The Balaban J connectivity index is 1.35. The molecule has 0 spiro atoms. The van der Waals surface area contributed by atoms with Crippen LogP contribution in [0.2, 0.25) is 0 Å². The zero-order valence-corrected chi connectivity index (χ0v) is 31.8. The first-order valence-corrected chi connectivity index (χ1v) is 18.5. The van der Waals surface area contributed by atoms with Gasteiger partial charge in [-0.3, -0.25) is 19.2 Å². The first-order valence-electron chi connectivity index (χ1n) is 18.5. The van der Waals surface area contributed by atoms with Crippen LogP contribution in [0.4, 0.5) is 0 Å². The van der Waals surface area contributed by atoms with E-state index in [1.807, 2.05) is 0 Å². The quantitative estimate of drug-likeness (QED) is 0.0839. The molecule has 61 heavy (non-hydrogen) atoms. The number of carbonyl (C=O) groups is 5. The number of ketones is 2. The Labute approximate surface area is 342 Å². The number of fused-ring (bicyclic) bond motifs is 5. The van der Waals surface area contributed by atoms with Crippen LogP contribution in [0.5, 0.6) is 23.0 Å². The van der Waals surface area contributed by atoms with Gasteiger partial charge in [0, 0.05) is 28.3 Å². The second-order valence-corrected chi connectivity index (χ2v) is 14.8. The first-order chi connectivity index (χ1) is 28.7. The van der Waals surface area contributed by atoms with Crippen LogP contribution in [0.3, 0.4) is 0 Å². The van der Waals surface area contributed by atoms with Crippen LogP contribution in [0.15, 0.2) is 24.3 Å². The summed E-state index contributed by atoms with van der Waals surface area (Å²) in [6.45, 7) is 0.405. The smallest absolute Gasteiger partial charge is 0.341 e. The number of aliphatic hydroxyl groups is 6. The number of rotatable bonds is 10. The van der Waals surface area contributed by atoms with Crippen LogP contribution in [-0.4, -0.2) is 161 Å². The normalized spacial score (nSPS) is 29.1. The highest BCUT2D eigenvalue weighted by Gasteiger charge is 2.51. The summed E-state index contributed by atoms with van der Waals surface area (Å²) in [6, 6.07) is 4.04. The molecule has 0 radical (unpaired) electrons. The van der Waals surface area contributed by atoms with Gasteiger partial charge in [0.1, 0.15) is 78.4 Å². The number of carbonyl (C=O) groups excluding carboxylic acids is 3. The molecule has 2 heterocycles. The molecule has 326 valence electrons. The molecule has 2 aliphatic heterocycles. The van der Waals surface area contributed by atoms with E-state index in [1.54, 1.807) is 0 Å². The van der Waals surface area contributed by atoms with Gasteiger partial charge in [-0.2, -0.15) is 0 Å². The fraction of sp³-hybridized carbons (Fsp3) is 0.410. The van der Waals surface area contributed by atoms with Crippen molar-refractivity contribution >= 4 is 29.4 Å². The highest BCUT2D eigenvalue weighted by molar-refractivity contribution is 6.31. The number of carboxylic acid groups (broad SMARTS) is 2. The van der Waals surface area contributed by atoms with E-state index in [0.717, 1.165) is 18.2 Å². The molecular formula is C39H39NO21. The number of hydrogen-bond donors (Lipinski definition) is 12. The van der Waals surface area contributed by atoms with Crippen molar-refractivity contribution in [3.8, 4) is 34.1 Å². The third-order valence-corrected chi connectivity index (χ3v) is 10.9. The van der Waals surface area contributed by atoms with E-state index < -0.39 is 178 Å². The first kappa shape index (κ1) is 43.3. The number of phenolic OH excluding ortho intramolecular Hbond substituents is 3. The van der Waals surface area contributed by atoms with E-state index in [4.69, 9.17) is 28.8 Å². The van der Waals surface area contributed by atoms with Gasteiger partial charge in [-0.05, 0) is 42.7 Å². The second kappa shape index (κ2) is 16.2. The molecule has 12 N–H and O–H groups in total. The van der Waals surface area contributed by atoms with Gasteiger partial charge in [-0.15, -0.1) is 0 Å². The molecule has 0 saturated carbocycles. The summed E-state index contributed by atoms with van der Waals surface area (Å²) in [4.78, 5) is 63.9. The van der Waals surface area contributed by atoms with Gasteiger partial charge < -0.3 is 85.2 Å². The van der Waals surface area contributed by atoms with Gasteiger partial charge in [0.15, 0.2) is 30.8 Å². The highest BCUT2D eigenvalue weighted by atomic mass is 16.7. The average molecular weight is 858 g/mol.